The smallest absolute Gasteiger partial charge is 0.279 e. The van der Waals surface area contributed by atoms with Gasteiger partial charge >= 0.3 is 0 Å². The molecule has 3 heteroatoms. The maximum Gasteiger partial charge on any atom is 0.279 e. The first kappa shape index (κ1) is 12.3. The minimum absolute atomic E-state index is 0.0342. The Kier molecular flexibility index (Phi) is 3.11. The molecule has 1 aliphatic rings. The number of ether oxygens (including phenoxy) is 1. The van der Waals surface area contributed by atoms with Crippen LogP contribution in [0.15, 0.2) is 18.2 Å². The second-order valence-electron chi connectivity index (χ2n) is 5.01. The highest BCUT2D eigenvalue weighted by Gasteiger charge is 2.49. The monoisotopic (exact) mass is 240 g/mol. The van der Waals surface area contributed by atoms with Gasteiger partial charge in [-0.2, -0.15) is 0 Å². The number of benzene rings is 1. The highest BCUT2D eigenvalue weighted by atomic mass is 19.3. The van der Waals surface area contributed by atoms with E-state index in [0.717, 1.165) is 5.56 Å². The van der Waals surface area contributed by atoms with Gasteiger partial charge in [-0.25, -0.2) is 8.78 Å². The van der Waals surface area contributed by atoms with Crippen molar-refractivity contribution in [3.63, 3.8) is 0 Å². The fourth-order valence-corrected chi connectivity index (χ4v) is 2.01. The molecule has 0 atom stereocenters. The van der Waals surface area contributed by atoms with Crippen LogP contribution in [0.3, 0.4) is 0 Å². The zero-order valence-corrected chi connectivity index (χ0v) is 10.5. The van der Waals surface area contributed by atoms with Crippen molar-refractivity contribution in [1.29, 1.82) is 0 Å². The van der Waals surface area contributed by atoms with Crippen LogP contribution in [0, 0.1) is 5.92 Å². The van der Waals surface area contributed by atoms with Crippen LogP contribution in [0.1, 0.15) is 43.7 Å². The predicted octanol–water partition coefficient (Wildman–Crippen LogP) is 4.32. The Morgan fingerprint density at radius 1 is 1.29 bits per heavy atom. The number of alkyl halides is 2. The van der Waals surface area contributed by atoms with Crippen molar-refractivity contribution >= 4 is 0 Å². The van der Waals surface area contributed by atoms with Gasteiger partial charge in [0.1, 0.15) is 5.75 Å². The van der Waals surface area contributed by atoms with Crippen LogP contribution < -0.4 is 4.74 Å². The van der Waals surface area contributed by atoms with Gasteiger partial charge in [0.2, 0.25) is 0 Å². The molecule has 2 rings (SSSR count). The summed E-state index contributed by atoms with van der Waals surface area (Å²) in [6, 6.07) is 5.03. The minimum Gasteiger partial charge on any atom is -0.496 e. The van der Waals surface area contributed by atoms with E-state index in [1.54, 1.807) is 12.1 Å². The van der Waals surface area contributed by atoms with Gasteiger partial charge < -0.3 is 4.74 Å². The van der Waals surface area contributed by atoms with Gasteiger partial charge in [-0.3, -0.25) is 0 Å². The third-order valence-electron chi connectivity index (χ3n) is 3.34. The van der Waals surface area contributed by atoms with Gasteiger partial charge in [-0.1, -0.05) is 19.9 Å². The van der Waals surface area contributed by atoms with Gasteiger partial charge in [0, 0.05) is 5.92 Å². The molecular weight excluding hydrogens is 222 g/mol. The average Bonchev–Trinajstić information content (AvgIpc) is 3.12. The first-order valence-electron chi connectivity index (χ1n) is 6.03. The molecule has 1 aromatic rings. The van der Waals surface area contributed by atoms with E-state index >= 15 is 0 Å². The van der Waals surface area contributed by atoms with Gasteiger partial charge in [-0.05, 0) is 36.5 Å². The SMILES string of the molecule is COc1cc(C(C)C)ccc1C(F)(F)C1CC1. The number of rotatable bonds is 4. The molecule has 0 aromatic heterocycles. The number of halogens is 2. The molecule has 0 heterocycles. The third-order valence-corrected chi connectivity index (χ3v) is 3.34. The lowest BCUT2D eigenvalue weighted by Gasteiger charge is -2.20. The third kappa shape index (κ3) is 2.28. The summed E-state index contributed by atoms with van der Waals surface area (Å²) in [5.41, 5.74) is 1.06. The summed E-state index contributed by atoms with van der Waals surface area (Å²) in [6.07, 6.45) is 1.23. The Hall–Kier alpha value is -1.12. The van der Waals surface area contributed by atoms with Crippen LogP contribution in [0.5, 0.6) is 5.75 Å². The fraction of sp³-hybridized carbons (Fsp3) is 0.571. The molecule has 0 aliphatic heterocycles. The first-order chi connectivity index (χ1) is 7.96. The zero-order chi connectivity index (χ0) is 12.6. The summed E-state index contributed by atoms with van der Waals surface area (Å²) in [4.78, 5) is 0. The molecule has 1 aromatic carbocycles. The zero-order valence-electron chi connectivity index (χ0n) is 10.5. The standard InChI is InChI=1S/C14H18F2O/c1-9(2)10-4-7-12(13(8-10)17-3)14(15,16)11-5-6-11/h4,7-9,11H,5-6H2,1-3H3. The average molecular weight is 240 g/mol. The molecule has 0 N–H and O–H groups in total. The Bertz CT molecular complexity index is 409. The van der Waals surface area contributed by atoms with E-state index in [9.17, 15) is 8.78 Å². The van der Waals surface area contributed by atoms with Gasteiger partial charge in [0.05, 0.1) is 12.7 Å². The summed E-state index contributed by atoms with van der Waals surface area (Å²) in [5, 5.41) is 0. The van der Waals surface area contributed by atoms with E-state index in [1.165, 1.54) is 13.2 Å². The lowest BCUT2D eigenvalue weighted by Crippen LogP contribution is -2.17. The molecule has 94 valence electrons. The van der Waals surface area contributed by atoms with Crippen molar-refractivity contribution in [3.05, 3.63) is 29.3 Å². The van der Waals surface area contributed by atoms with E-state index in [4.69, 9.17) is 4.74 Å². The summed E-state index contributed by atoms with van der Waals surface area (Å²) in [7, 11) is 1.45. The molecule has 0 unspecified atom stereocenters. The quantitative estimate of drug-likeness (QED) is 0.761. The van der Waals surface area contributed by atoms with Crippen LogP contribution in [0.4, 0.5) is 8.78 Å². The lowest BCUT2D eigenvalue weighted by molar-refractivity contribution is -0.0304. The van der Waals surface area contributed by atoms with Crippen molar-refractivity contribution in [3.8, 4) is 5.75 Å². The van der Waals surface area contributed by atoms with Crippen LogP contribution in [0.25, 0.3) is 0 Å². The maximum atomic E-state index is 14.0. The van der Waals surface area contributed by atoms with Crippen LogP contribution in [-0.2, 0) is 5.92 Å². The van der Waals surface area contributed by atoms with Crippen molar-refractivity contribution in [2.45, 2.75) is 38.5 Å². The molecule has 0 amide bonds. The molecule has 1 aliphatic carbocycles. The summed E-state index contributed by atoms with van der Waals surface area (Å²) in [5.74, 6) is -2.62. The normalized spacial score (nSPS) is 16.4. The molecule has 1 nitrogen and oxygen atoms in total. The van der Waals surface area contributed by atoms with Gasteiger partial charge in [0.25, 0.3) is 5.92 Å². The van der Waals surface area contributed by atoms with Gasteiger partial charge in [0.15, 0.2) is 0 Å². The molecule has 0 bridgehead atoms. The Morgan fingerprint density at radius 3 is 2.41 bits per heavy atom. The fourth-order valence-electron chi connectivity index (χ4n) is 2.01. The largest absolute Gasteiger partial charge is 0.496 e. The van der Waals surface area contributed by atoms with Crippen molar-refractivity contribution in [2.24, 2.45) is 5.92 Å². The van der Waals surface area contributed by atoms with E-state index in [1.807, 2.05) is 13.8 Å². The Labute approximate surface area is 101 Å². The van der Waals surface area contributed by atoms with Crippen molar-refractivity contribution in [2.75, 3.05) is 7.11 Å². The second-order valence-corrected chi connectivity index (χ2v) is 5.01. The molecule has 1 saturated carbocycles. The first-order valence-corrected chi connectivity index (χ1v) is 6.03. The topological polar surface area (TPSA) is 9.23 Å². The van der Waals surface area contributed by atoms with Crippen LogP contribution in [0.2, 0.25) is 0 Å². The van der Waals surface area contributed by atoms with E-state index in [0.29, 0.717) is 24.5 Å². The van der Waals surface area contributed by atoms with E-state index in [2.05, 4.69) is 0 Å². The lowest BCUT2D eigenvalue weighted by atomic mass is 9.97. The maximum absolute atomic E-state index is 14.0. The Balaban J connectivity index is 2.40. The second kappa shape index (κ2) is 4.28. The predicted molar refractivity (Wildman–Crippen MR) is 63.7 cm³/mol. The number of hydrogen-bond donors (Lipinski definition) is 0. The van der Waals surface area contributed by atoms with Gasteiger partial charge in [-0.15, -0.1) is 0 Å². The minimum atomic E-state index is -2.75. The highest BCUT2D eigenvalue weighted by molar-refractivity contribution is 5.42. The molecule has 0 radical (unpaired) electrons. The molecular formula is C14H18F2O. The Morgan fingerprint density at radius 2 is 1.94 bits per heavy atom. The van der Waals surface area contributed by atoms with E-state index in [-0.39, 0.29) is 5.56 Å². The van der Waals surface area contributed by atoms with Crippen LogP contribution >= 0.6 is 0 Å². The van der Waals surface area contributed by atoms with Crippen LogP contribution in [-0.4, -0.2) is 7.11 Å². The highest BCUT2D eigenvalue weighted by Crippen LogP contribution is 2.52. The van der Waals surface area contributed by atoms with Crippen molar-refractivity contribution in [1.82, 2.24) is 0 Å². The molecule has 0 spiro atoms. The van der Waals surface area contributed by atoms with Crippen molar-refractivity contribution < 1.29 is 13.5 Å². The number of methoxy groups -OCH3 is 1. The summed E-state index contributed by atoms with van der Waals surface area (Å²) >= 11 is 0. The summed E-state index contributed by atoms with van der Waals surface area (Å²) < 4.78 is 33.2. The van der Waals surface area contributed by atoms with E-state index < -0.39 is 11.8 Å². The number of hydrogen-bond acceptors (Lipinski definition) is 1. The molecule has 1 fully saturated rings. The summed E-state index contributed by atoms with van der Waals surface area (Å²) in [6.45, 7) is 4.07. The molecule has 0 saturated heterocycles. The molecule has 17 heavy (non-hydrogen) atoms.